The minimum atomic E-state index is 0.757. The Balaban J connectivity index is 1.64. The van der Waals surface area contributed by atoms with Crippen molar-refractivity contribution in [2.24, 2.45) is 0 Å². The van der Waals surface area contributed by atoms with Gasteiger partial charge in [-0.1, -0.05) is 6.07 Å². The molecule has 0 saturated heterocycles. The number of imidazole rings is 1. The van der Waals surface area contributed by atoms with Crippen molar-refractivity contribution in [2.45, 2.75) is 13.5 Å². The summed E-state index contributed by atoms with van der Waals surface area (Å²) >= 11 is 0. The summed E-state index contributed by atoms with van der Waals surface area (Å²) in [5.41, 5.74) is 5.53. The van der Waals surface area contributed by atoms with Crippen molar-refractivity contribution >= 4 is 22.2 Å². The van der Waals surface area contributed by atoms with E-state index in [2.05, 4.69) is 57.1 Å². The first-order valence-corrected chi connectivity index (χ1v) is 7.05. The van der Waals surface area contributed by atoms with E-state index in [0.29, 0.717) is 0 Å². The lowest BCUT2D eigenvalue weighted by molar-refractivity contribution is 0.987. The van der Waals surface area contributed by atoms with Crippen LogP contribution in [0.5, 0.6) is 0 Å². The number of aryl methyl sites for hydroxylation is 1. The monoisotopic (exact) mass is 276 g/mol. The summed E-state index contributed by atoms with van der Waals surface area (Å²) in [5.74, 6) is 0. The zero-order chi connectivity index (χ0) is 14.2. The topological polar surface area (TPSA) is 45.1 Å². The smallest absolute Gasteiger partial charge is 0.137 e. The number of pyridine rings is 1. The summed E-state index contributed by atoms with van der Waals surface area (Å²) in [6.07, 6.45) is 4.02. The van der Waals surface area contributed by atoms with E-state index in [-0.39, 0.29) is 0 Å². The highest BCUT2D eigenvalue weighted by Crippen LogP contribution is 2.19. The summed E-state index contributed by atoms with van der Waals surface area (Å²) in [6.45, 7) is 2.81. The van der Waals surface area contributed by atoms with Crippen LogP contribution in [0.15, 0.2) is 54.9 Å². The second-order valence-electron chi connectivity index (χ2n) is 5.21. The molecule has 0 spiro atoms. The largest absolute Gasteiger partial charge is 0.379 e. The Hall–Kier alpha value is -2.75. The normalized spacial score (nSPS) is 11.3. The zero-order valence-electron chi connectivity index (χ0n) is 11.8. The predicted molar refractivity (Wildman–Crippen MR) is 85.6 cm³/mol. The van der Waals surface area contributed by atoms with Crippen molar-refractivity contribution in [3.05, 3.63) is 66.2 Å². The van der Waals surface area contributed by atoms with Gasteiger partial charge in [-0.05, 0) is 43.3 Å². The molecule has 0 atom stereocenters. The van der Waals surface area contributed by atoms with Gasteiger partial charge < -0.3 is 14.7 Å². The number of fused-ring (bicyclic) bond motifs is 2. The molecule has 2 N–H and O–H groups in total. The van der Waals surface area contributed by atoms with Gasteiger partial charge in [-0.25, -0.2) is 4.98 Å². The van der Waals surface area contributed by atoms with Crippen LogP contribution in [0.4, 0.5) is 5.69 Å². The molecule has 4 rings (SSSR count). The van der Waals surface area contributed by atoms with Crippen LogP contribution in [-0.4, -0.2) is 14.4 Å². The molecule has 0 amide bonds. The van der Waals surface area contributed by atoms with E-state index < -0.39 is 0 Å². The average Bonchev–Trinajstić information content (AvgIpc) is 3.08. The van der Waals surface area contributed by atoms with E-state index in [1.54, 1.807) is 0 Å². The molecule has 0 fully saturated rings. The maximum atomic E-state index is 4.59. The minimum absolute atomic E-state index is 0.757. The Morgan fingerprint density at radius 3 is 3.10 bits per heavy atom. The van der Waals surface area contributed by atoms with Gasteiger partial charge in [0.15, 0.2) is 0 Å². The van der Waals surface area contributed by atoms with Crippen molar-refractivity contribution in [1.82, 2.24) is 14.4 Å². The van der Waals surface area contributed by atoms with E-state index in [0.717, 1.165) is 29.1 Å². The van der Waals surface area contributed by atoms with Crippen LogP contribution in [0.1, 0.15) is 11.4 Å². The van der Waals surface area contributed by atoms with Gasteiger partial charge in [0.2, 0.25) is 0 Å². The number of hydrogen-bond acceptors (Lipinski definition) is 2. The molecule has 0 radical (unpaired) electrons. The van der Waals surface area contributed by atoms with Gasteiger partial charge in [0.05, 0.1) is 17.9 Å². The third kappa shape index (κ3) is 2.05. The highest BCUT2D eigenvalue weighted by Gasteiger charge is 2.07. The molecule has 0 unspecified atom stereocenters. The third-order valence-corrected chi connectivity index (χ3v) is 3.84. The average molecular weight is 276 g/mol. The number of anilines is 1. The summed E-state index contributed by atoms with van der Waals surface area (Å²) in [5, 5.41) is 4.70. The molecule has 21 heavy (non-hydrogen) atoms. The van der Waals surface area contributed by atoms with Crippen LogP contribution in [0.2, 0.25) is 0 Å². The molecule has 104 valence electrons. The highest BCUT2D eigenvalue weighted by molar-refractivity contribution is 5.82. The lowest BCUT2D eigenvalue weighted by Crippen LogP contribution is -2.03. The molecule has 0 saturated carbocycles. The quantitative estimate of drug-likeness (QED) is 0.599. The highest BCUT2D eigenvalue weighted by atomic mass is 15.0. The van der Waals surface area contributed by atoms with Crippen molar-refractivity contribution in [3.63, 3.8) is 0 Å². The van der Waals surface area contributed by atoms with Crippen LogP contribution in [0.25, 0.3) is 16.6 Å². The molecule has 3 aromatic heterocycles. The summed E-state index contributed by atoms with van der Waals surface area (Å²) in [7, 11) is 0. The van der Waals surface area contributed by atoms with Gasteiger partial charge >= 0.3 is 0 Å². The molecule has 0 bridgehead atoms. The van der Waals surface area contributed by atoms with E-state index in [4.69, 9.17) is 0 Å². The summed E-state index contributed by atoms with van der Waals surface area (Å²) in [6, 6.07) is 14.5. The molecule has 0 aliphatic heterocycles. The van der Waals surface area contributed by atoms with E-state index in [9.17, 15) is 0 Å². The number of nitrogens with one attached hydrogen (secondary N) is 2. The lowest BCUT2D eigenvalue weighted by Gasteiger charge is -2.07. The SMILES string of the molecule is Cc1nc2ccccn2c1CNc1ccc2[nH]ccc2c1. The third-order valence-electron chi connectivity index (χ3n) is 3.84. The Morgan fingerprint density at radius 2 is 2.14 bits per heavy atom. The van der Waals surface area contributed by atoms with Gasteiger partial charge in [-0.2, -0.15) is 0 Å². The fraction of sp³-hybridized carbons (Fsp3) is 0.118. The molecule has 0 aliphatic carbocycles. The number of hydrogen-bond donors (Lipinski definition) is 2. The molecule has 4 heteroatoms. The van der Waals surface area contributed by atoms with Crippen LogP contribution in [-0.2, 0) is 6.54 Å². The predicted octanol–water partition coefficient (Wildman–Crippen LogP) is 3.74. The van der Waals surface area contributed by atoms with Gasteiger partial charge in [0, 0.05) is 29.0 Å². The number of nitrogens with zero attached hydrogens (tertiary/aromatic N) is 2. The van der Waals surface area contributed by atoms with Crippen LogP contribution >= 0.6 is 0 Å². The Kier molecular flexibility index (Phi) is 2.67. The van der Waals surface area contributed by atoms with E-state index in [1.807, 2.05) is 24.4 Å². The first-order chi connectivity index (χ1) is 10.3. The summed E-state index contributed by atoms with van der Waals surface area (Å²) in [4.78, 5) is 7.79. The van der Waals surface area contributed by atoms with Crippen LogP contribution in [0, 0.1) is 6.92 Å². The van der Waals surface area contributed by atoms with Crippen LogP contribution < -0.4 is 5.32 Å². The number of aromatic amines is 1. The molecule has 0 aliphatic rings. The van der Waals surface area contributed by atoms with E-state index in [1.165, 1.54) is 11.1 Å². The number of rotatable bonds is 3. The number of benzene rings is 1. The van der Waals surface area contributed by atoms with Gasteiger partial charge in [0.25, 0.3) is 0 Å². The Labute approximate surface area is 122 Å². The van der Waals surface area contributed by atoms with Crippen molar-refractivity contribution in [3.8, 4) is 0 Å². The van der Waals surface area contributed by atoms with Gasteiger partial charge in [-0.3, -0.25) is 0 Å². The molecule has 1 aromatic carbocycles. The van der Waals surface area contributed by atoms with Gasteiger partial charge in [-0.15, -0.1) is 0 Å². The standard InChI is InChI=1S/C17H16N4/c1-12-16(21-9-3-2-4-17(21)20-12)11-19-14-5-6-15-13(10-14)7-8-18-15/h2-10,18-19H,11H2,1H3. The van der Waals surface area contributed by atoms with Crippen molar-refractivity contribution in [1.29, 1.82) is 0 Å². The van der Waals surface area contributed by atoms with Crippen LogP contribution in [0.3, 0.4) is 0 Å². The lowest BCUT2D eigenvalue weighted by atomic mass is 10.2. The summed E-state index contributed by atoms with van der Waals surface area (Å²) < 4.78 is 2.14. The van der Waals surface area contributed by atoms with Crippen molar-refractivity contribution < 1.29 is 0 Å². The Bertz CT molecular complexity index is 917. The molecule has 3 heterocycles. The maximum absolute atomic E-state index is 4.59. The molecular weight excluding hydrogens is 260 g/mol. The molecule has 4 nitrogen and oxygen atoms in total. The second-order valence-corrected chi connectivity index (χ2v) is 5.21. The Morgan fingerprint density at radius 1 is 1.19 bits per heavy atom. The first kappa shape index (κ1) is 12.0. The number of H-pyrrole nitrogens is 1. The number of aromatic nitrogens is 3. The zero-order valence-corrected chi connectivity index (χ0v) is 11.8. The second kappa shape index (κ2) is 4.66. The van der Waals surface area contributed by atoms with Gasteiger partial charge in [0.1, 0.15) is 5.65 Å². The maximum Gasteiger partial charge on any atom is 0.137 e. The fourth-order valence-electron chi connectivity index (χ4n) is 2.73. The van der Waals surface area contributed by atoms with Crippen molar-refractivity contribution in [2.75, 3.05) is 5.32 Å². The minimum Gasteiger partial charge on any atom is -0.379 e. The van der Waals surface area contributed by atoms with E-state index >= 15 is 0 Å². The molecule has 4 aromatic rings. The molecular formula is C17H16N4. The first-order valence-electron chi connectivity index (χ1n) is 7.05. The fourth-order valence-corrected chi connectivity index (χ4v) is 2.73.